The van der Waals surface area contributed by atoms with Crippen molar-refractivity contribution in [2.45, 2.75) is 64.3 Å². The van der Waals surface area contributed by atoms with Gasteiger partial charge < -0.3 is 0 Å². The Bertz CT molecular complexity index is 863. The fourth-order valence-electron chi connectivity index (χ4n) is 3.09. The Morgan fingerprint density at radius 2 is 2.00 bits per heavy atom. The molecular formula is C19H26N4O2S2. The molecule has 2 amide bonds. The number of rotatable bonds is 5. The summed E-state index contributed by atoms with van der Waals surface area (Å²) in [6.07, 6.45) is 3.66. The number of thiophene rings is 1. The first-order valence-electron chi connectivity index (χ1n) is 9.41. The molecule has 2 heterocycles. The molecule has 0 aliphatic heterocycles. The number of hydrazine groups is 1. The van der Waals surface area contributed by atoms with Gasteiger partial charge in [-0.1, -0.05) is 39.5 Å². The van der Waals surface area contributed by atoms with E-state index in [0.29, 0.717) is 12.3 Å². The first-order chi connectivity index (χ1) is 12.9. The zero-order valence-electron chi connectivity index (χ0n) is 16.2. The van der Waals surface area contributed by atoms with Gasteiger partial charge in [0.05, 0.1) is 5.75 Å². The summed E-state index contributed by atoms with van der Waals surface area (Å²) in [4.78, 5) is 35.4. The van der Waals surface area contributed by atoms with Crippen molar-refractivity contribution in [3.63, 3.8) is 0 Å². The van der Waals surface area contributed by atoms with Crippen molar-refractivity contribution in [3.05, 3.63) is 16.3 Å². The van der Waals surface area contributed by atoms with Crippen molar-refractivity contribution in [2.24, 2.45) is 5.92 Å². The number of aryl methyl sites for hydroxylation is 1. The Labute approximate surface area is 167 Å². The van der Waals surface area contributed by atoms with Gasteiger partial charge in [0, 0.05) is 22.6 Å². The van der Waals surface area contributed by atoms with E-state index in [1.54, 1.807) is 18.3 Å². The van der Waals surface area contributed by atoms with Crippen LogP contribution in [0.15, 0.2) is 5.03 Å². The van der Waals surface area contributed by atoms with Crippen LogP contribution in [0.5, 0.6) is 0 Å². The highest BCUT2D eigenvalue weighted by Crippen LogP contribution is 2.41. The fraction of sp³-hybridized carbons (Fsp3) is 0.579. The van der Waals surface area contributed by atoms with Gasteiger partial charge in [0.2, 0.25) is 11.8 Å². The molecule has 1 aliphatic carbocycles. The summed E-state index contributed by atoms with van der Waals surface area (Å²) in [7, 11) is 0. The SMILES string of the molecule is CCC(=O)NNC(=O)CSc1nc(C(C)C)nc2sc3c(c12)CC[C@H](C)C3. The maximum atomic E-state index is 12.1. The van der Waals surface area contributed by atoms with Crippen LogP contribution in [-0.4, -0.2) is 27.5 Å². The quantitative estimate of drug-likeness (QED) is 0.450. The van der Waals surface area contributed by atoms with Crippen LogP contribution in [0.3, 0.4) is 0 Å². The van der Waals surface area contributed by atoms with Crippen LogP contribution >= 0.6 is 23.1 Å². The summed E-state index contributed by atoms with van der Waals surface area (Å²) in [6, 6.07) is 0. The number of carbonyl (C=O) groups excluding carboxylic acids is 2. The largest absolute Gasteiger partial charge is 0.273 e. The highest BCUT2D eigenvalue weighted by molar-refractivity contribution is 8.00. The average molecular weight is 407 g/mol. The second kappa shape index (κ2) is 8.56. The van der Waals surface area contributed by atoms with Crippen molar-refractivity contribution in [2.75, 3.05) is 5.75 Å². The molecule has 0 radical (unpaired) electrons. The zero-order chi connectivity index (χ0) is 19.6. The van der Waals surface area contributed by atoms with Crippen LogP contribution in [0, 0.1) is 5.92 Å². The van der Waals surface area contributed by atoms with Gasteiger partial charge in [-0.2, -0.15) is 0 Å². The van der Waals surface area contributed by atoms with Crippen molar-refractivity contribution in [1.29, 1.82) is 0 Å². The van der Waals surface area contributed by atoms with Gasteiger partial charge in [-0.15, -0.1) is 11.3 Å². The average Bonchev–Trinajstić information content (AvgIpc) is 3.01. The Balaban J connectivity index is 1.86. The van der Waals surface area contributed by atoms with Gasteiger partial charge in [0.25, 0.3) is 0 Å². The molecule has 6 nitrogen and oxygen atoms in total. The normalized spacial score (nSPS) is 16.4. The third kappa shape index (κ3) is 4.60. The van der Waals surface area contributed by atoms with E-state index in [9.17, 15) is 9.59 Å². The number of amides is 2. The van der Waals surface area contributed by atoms with Gasteiger partial charge in [-0.05, 0) is 30.7 Å². The van der Waals surface area contributed by atoms with Crippen LogP contribution in [0.1, 0.15) is 62.7 Å². The highest BCUT2D eigenvalue weighted by Gasteiger charge is 2.24. The lowest BCUT2D eigenvalue weighted by molar-refractivity contribution is -0.127. The molecule has 0 saturated carbocycles. The molecular weight excluding hydrogens is 380 g/mol. The van der Waals surface area contributed by atoms with Gasteiger partial charge in [-0.3, -0.25) is 20.4 Å². The lowest BCUT2D eigenvalue weighted by Crippen LogP contribution is -2.42. The highest BCUT2D eigenvalue weighted by atomic mass is 32.2. The molecule has 8 heteroatoms. The molecule has 0 saturated heterocycles. The molecule has 0 bridgehead atoms. The van der Waals surface area contributed by atoms with E-state index >= 15 is 0 Å². The van der Waals surface area contributed by atoms with Crippen molar-refractivity contribution >= 4 is 45.1 Å². The molecule has 0 fully saturated rings. The zero-order valence-corrected chi connectivity index (χ0v) is 17.9. The molecule has 2 aromatic rings. The number of thioether (sulfide) groups is 1. The van der Waals surface area contributed by atoms with Crippen LogP contribution in [0.25, 0.3) is 10.2 Å². The van der Waals surface area contributed by atoms with Gasteiger partial charge in [0.1, 0.15) is 15.7 Å². The Hall–Kier alpha value is -1.67. The summed E-state index contributed by atoms with van der Waals surface area (Å²) < 4.78 is 0. The molecule has 146 valence electrons. The van der Waals surface area contributed by atoms with Crippen LogP contribution in [-0.2, 0) is 22.4 Å². The number of aromatic nitrogens is 2. The summed E-state index contributed by atoms with van der Waals surface area (Å²) in [5, 5.41) is 2.01. The maximum Gasteiger partial charge on any atom is 0.248 e. The first-order valence-corrected chi connectivity index (χ1v) is 11.2. The van der Waals surface area contributed by atoms with Crippen molar-refractivity contribution < 1.29 is 9.59 Å². The van der Waals surface area contributed by atoms with Crippen molar-refractivity contribution in [3.8, 4) is 0 Å². The van der Waals surface area contributed by atoms with Crippen LogP contribution in [0.4, 0.5) is 0 Å². The summed E-state index contributed by atoms with van der Waals surface area (Å²) >= 11 is 3.20. The minimum Gasteiger partial charge on any atom is -0.273 e. The van der Waals surface area contributed by atoms with E-state index in [0.717, 1.165) is 33.9 Å². The Morgan fingerprint density at radius 1 is 1.26 bits per heavy atom. The summed E-state index contributed by atoms with van der Waals surface area (Å²) in [6.45, 7) is 8.20. The predicted octanol–water partition coefficient (Wildman–Crippen LogP) is 3.59. The van der Waals surface area contributed by atoms with Crippen molar-refractivity contribution in [1.82, 2.24) is 20.8 Å². The molecule has 0 unspecified atom stereocenters. The molecule has 1 aliphatic rings. The van der Waals surface area contributed by atoms with E-state index in [4.69, 9.17) is 9.97 Å². The topological polar surface area (TPSA) is 84.0 Å². The smallest absolute Gasteiger partial charge is 0.248 e. The predicted molar refractivity (Wildman–Crippen MR) is 110 cm³/mol. The third-order valence-electron chi connectivity index (χ3n) is 4.66. The lowest BCUT2D eigenvalue weighted by atomic mass is 9.89. The molecule has 3 rings (SSSR count). The Kier molecular flexibility index (Phi) is 6.37. The molecule has 2 aromatic heterocycles. The molecule has 0 aromatic carbocycles. The Morgan fingerprint density at radius 3 is 2.70 bits per heavy atom. The lowest BCUT2D eigenvalue weighted by Gasteiger charge is -2.18. The van der Waals surface area contributed by atoms with Gasteiger partial charge in [0.15, 0.2) is 0 Å². The number of nitrogens with one attached hydrogen (secondary N) is 2. The van der Waals surface area contributed by atoms with E-state index in [1.165, 1.54) is 28.6 Å². The monoisotopic (exact) mass is 406 g/mol. The summed E-state index contributed by atoms with van der Waals surface area (Å²) in [5.74, 6) is 1.50. The minimum atomic E-state index is -0.239. The summed E-state index contributed by atoms with van der Waals surface area (Å²) in [5.41, 5.74) is 6.22. The van der Waals surface area contributed by atoms with Gasteiger partial charge in [-0.25, -0.2) is 9.97 Å². The molecule has 0 spiro atoms. The second-order valence-corrected chi connectivity index (χ2v) is 9.36. The fourth-order valence-corrected chi connectivity index (χ4v) is 5.40. The molecule has 1 atom stereocenters. The van der Waals surface area contributed by atoms with Crippen LogP contribution in [0.2, 0.25) is 0 Å². The third-order valence-corrected chi connectivity index (χ3v) is 6.78. The van der Waals surface area contributed by atoms with E-state index in [1.807, 2.05) is 0 Å². The van der Waals surface area contributed by atoms with E-state index in [2.05, 4.69) is 31.6 Å². The van der Waals surface area contributed by atoms with Gasteiger partial charge >= 0.3 is 0 Å². The number of carbonyl (C=O) groups is 2. The maximum absolute atomic E-state index is 12.1. The molecule has 27 heavy (non-hydrogen) atoms. The standard InChI is InChI=1S/C19H26N4O2S2/c1-5-14(24)22-23-15(25)9-26-18-16-12-7-6-11(4)8-13(12)27-19(16)21-17(20-18)10(2)3/h10-11H,5-9H2,1-4H3,(H,22,24)(H,23,25)/t11-/m0/s1. The van der Waals surface area contributed by atoms with E-state index in [-0.39, 0.29) is 23.5 Å². The number of nitrogens with zero attached hydrogens (tertiary/aromatic N) is 2. The van der Waals surface area contributed by atoms with E-state index < -0.39 is 0 Å². The minimum absolute atomic E-state index is 0.203. The van der Waals surface area contributed by atoms with Crippen LogP contribution < -0.4 is 10.9 Å². The number of fused-ring (bicyclic) bond motifs is 3. The first kappa shape index (κ1) is 20.1. The number of hydrogen-bond donors (Lipinski definition) is 2. The molecule has 2 N–H and O–H groups in total. The number of hydrogen-bond acceptors (Lipinski definition) is 6. The second-order valence-electron chi connectivity index (χ2n) is 7.31.